The lowest BCUT2D eigenvalue weighted by Gasteiger charge is -2.51. The van der Waals surface area contributed by atoms with Crippen LogP contribution >= 0.6 is 11.6 Å². The smallest absolute Gasteiger partial charge is 0.282 e. The number of hydrogen-bond donors (Lipinski definition) is 1. The van der Waals surface area contributed by atoms with Crippen LogP contribution in [-0.4, -0.2) is 45.5 Å². The maximum atomic E-state index is 12.0. The van der Waals surface area contributed by atoms with Crippen molar-refractivity contribution >= 4 is 11.6 Å². The number of halogens is 1. The van der Waals surface area contributed by atoms with Crippen LogP contribution in [0.2, 0.25) is 5.02 Å². The summed E-state index contributed by atoms with van der Waals surface area (Å²) in [6.45, 7) is 5.61. The Bertz CT molecular complexity index is 1330. The lowest BCUT2D eigenvalue weighted by molar-refractivity contribution is -0.959. The molecule has 6 nitrogen and oxygen atoms in total. The average Bonchev–Trinajstić information content (AvgIpc) is 3.40. The molecule has 3 aromatic carbocycles. The zero-order chi connectivity index (χ0) is 25.5. The Kier molecular flexibility index (Phi) is 6.27. The summed E-state index contributed by atoms with van der Waals surface area (Å²) in [4.78, 5) is 4.77. The fourth-order valence-corrected chi connectivity index (χ4v) is 6.11. The van der Waals surface area contributed by atoms with Gasteiger partial charge in [-0.1, -0.05) is 83.5 Å². The number of aromatic nitrogens is 2. The highest BCUT2D eigenvalue weighted by Crippen LogP contribution is 2.39. The molecule has 1 atom stereocenters. The molecule has 7 rings (SSSR count). The third-order valence-electron chi connectivity index (χ3n) is 8.12. The van der Waals surface area contributed by atoms with Gasteiger partial charge in [-0.05, 0) is 35.7 Å². The Labute approximate surface area is 222 Å². The highest BCUT2D eigenvalue weighted by atomic mass is 35.5. The lowest BCUT2D eigenvalue weighted by Crippen LogP contribution is -2.64. The molecular weight excluding hydrogens is 486 g/mol. The van der Waals surface area contributed by atoms with Gasteiger partial charge in [0.25, 0.3) is 5.89 Å². The van der Waals surface area contributed by atoms with Crippen molar-refractivity contribution < 1.29 is 18.8 Å². The van der Waals surface area contributed by atoms with Gasteiger partial charge in [-0.15, -0.1) is 0 Å². The molecule has 3 aliphatic rings. The number of piperidine rings is 3. The first kappa shape index (κ1) is 24.2. The standard InChI is InChI=1S/C30H31ClN3O3/c1-21-12-13-25(18-26(21)31)36-27-19-34(16-14-22(27)15-17-34)20-28-32-29(33-37-28)30(35,23-8-4-2-5-9-23)24-10-6-3-7-11-24/h2-13,18,22,27,35H,14-17,19-20H2,1H3/q+1/t22?,27-,34?/m0/s1. The van der Waals surface area contributed by atoms with E-state index in [1.165, 1.54) is 0 Å². The third kappa shape index (κ3) is 4.54. The van der Waals surface area contributed by atoms with Gasteiger partial charge in [0, 0.05) is 23.8 Å². The molecule has 3 fully saturated rings. The van der Waals surface area contributed by atoms with Crippen LogP contribution in [-0.2, 0) is 12.1 Å². The fraction of sp³-hybridized carbons (Fsp3) is 0.333. The van der Waals surface area contributed by atoms with E-state index in [2.05, 4.69) is 5.16 Å². The molecule has 2 bridgehead atoms. The molecule has 7 heteroatoms. The van der Waals surface area contributed by atoms with Crippen molar-refractivity contribution in [1.29, 1.82) is 0 Å². The predicted molar refractivity (Wildman–Crippen MR) is 141 cm³/mol. The fourth-order valence-electron chi connectivity index (χ4n) is 5.94. The first-order valence-corrected chi connectivity index (χ1v) is 13.3. The van der Waals surface area contributed by atoms with Gasteiger partial charge in [0.1, 0.15) is 12.3 Å². The van der Waals surface area contributed by atoms with Gasteiger partial charge >= 0.3 is 0 Å². The largest absolute Gasteiger partial charge is 0.484 e. The van der Waals surface area contributed by atoms with E-state index in [1.807, 2.05) is 85.8 Å². The van der Waals surface area contributed by atoms with Crippen molar-refractivity contribution in [2.75, 3.05) is 19.6 Å². The van der Waals surface area contributed by atoms with Crippen LogP contribution in [0.5, 0.6) is 5.75 Å². The molecule has 0 amide bonds. The molecular formula is C30H31ClN3O3+. The average molecular weight is 517 g/mol. The van der Waals surface area contributed by atoms with Crippen molar-refractivity contribution in [3.63, 3.8) is 0 Å². The Morgan fingerprint density at radius 3 is 2.27 bits per heavy atom. The third-order valence-corrected chi connectivity index (χ3v) is 8.52. The van der Waals surface area contributed by atoms with Crippen molar-refractivity contribution in [3.8, 4) is 5.75 Å². The van der Waals surface area contributed by atoms with Crippen LogP contribution in [0.3, 0.4) is 0 Å². The summed E-state index contributed by atoms with van der Waals surface area (Å²) in [6, 6.07) is 24.9. The summed E-state index contributed by atoms with van der Waals surface area (Å²) in [7, 11) is 0. The molecule has 3 aliphatic heterocycles. The molecule has 1 aromatic heterocycles. The van der Waals surface area contributed by atoms with E-state index >= 15 is 0 Å². The van der Waals surface area contributed by atoms with Gasteiger partial charge in [0.2, 0.25) is 5.82 Å². The number of aliphatic hydroxyl groups is 1. The molecule has 1 N–H and O–H groups in total. The Hall–Kier alpha value is -3.19. The van der Waals surface area contributed by atoms with Crippen molar-refractivity contribution in [1.82, 2.24) is 10.1 Å². The number of hydrogen-bond acceptors (Lipinski definition) is 5. The van der Waals surface area contributed by atoms with E-state index in [-0.39, 0.29) is 11.9 Å². The normalized spacial score (nSPS) is 23.2. The topological polar surface area (TPSA) is 68.4 Å². The number of aryl methyl sites for hydroxylation is 1. The maximum Gasteiger partial charge on any atom is 0.282 e. The first-order valence-electron chi connectivity index (χ1n) is 12.9. The number of fused-ring (bicyclic) bond motifs is 3. The molecule has 4 aromatic rings. The second-order valence-electron chi connectivity index (χ2n) is 10.5. The van der Waals surface area contributed by atoms with Crippen LogP contribution < -0.4 is 4.74 Å². The number of rotatable bonds is 7. The van der Waals surface area contributed by atoms with Crippen molar-refractivity contribution in [3.05, 3.63) is 112 Å². The number of quaternary nitrogens is 1. The van der Waals surface area contributed by atoms with Crippen LogP contribution in [0.25, 0.3) is 0 Å². The summed E-state index contributed by atoms with van der Waals surface area (Å²) in [5.74, 6) is 2.16. The monoisotopic (exact) mass is 516 g/mol. The molecule has 0 aliphatic carbocycles. The molecule has 0 spiro atoms. The first-order chi connectivity index (χ1) is 18.0. The van der Waals surface area contributed by atoms with Crippen LogP contribution in [0.4, 0.5) is 0 Å². The molecule has 4 heterocycles. The van der Waals surface area contributed by atoms with Crippen LogP contribution in [0, 0.1) is 12.8 Å². The van der Waals surface area contributed by atoms with Crippen LogP contribution in [0.15, 0.2) is 83.4 Å². The van der Waals surface area contributed by atoms with E-state index in [0.29, 0.717) is 29.5 Å². The zero-order valence-corrected chi connectivity index (χ0v) is 21.6. The number of benzene rings is 3. The molecule has 0 saturated carbocycles. The minimum Gasteiger partial charge on any atom is -0.484 e. The van der Waals surface area contributed by atoms with E-state index in [9.17, 15) is 5.11 Å². The summed E-state index contributed by atoms with van der Waals surface area (Å²) >= 11 is 6.34. The van der Waals surface area contributed by atoms with E-state index in [4.69, 9.17) is 25.8 Å². The molecule has 3 saturated heterocycles. The quantitative estimate of drug-likeness (QED) is 0.328. The summed E-state index contributed by atoms with van der Waals surface area (Å²) < 4.78 is 13.1. The Morgan fingerprint density at radius 1 is 1.00 bits per heavy atom. The Balaban J connectivity index is 1.25. The van der Waals surface area contributed by atoms with Gasteiger partial charge in [-0.3, -0.25) is 0 Å². The maximum absolute atomic E-state index is 12.0. The van der Waals surface area contributed by atoms with Gasteiger partial charge in [-0.2, -0.15) is 4.98 Å². The molecule has 0 unspecified atom stereocenters. The summed E-state index contributed by atoms with van der Waals surface area (Å²) in [6.07, 6.45) is 2.32. The van der Waals surface area contributed by atoms with Gasteiger partial charge in [-0.25, -0.2) is 0 Å². The van der Waals surface area contributed by atoms with Crippen molar-refractivity contribution in [2.45, 2.75) is 38.0 Å². The van der Waals surface area contributed by atoms with Gasteiger partial charge in [0.05, 0.1) is 13.1 Å². The molecule has 190 valence electrons. The van der Waals surface area contributed by atoms with E-state index < -0.39 is 5.60 Å². The molecule has 0 radical (unpaired) electrons. The highest BCUT2D eigenvalue weighted by Gasteiger charge is 2.48. The number of nitrogens with zero attached hydrogens (tertiary/aromatic N) is 3. The zero-order valence-electron chi connectivity index (χ0n) is 20.9. The SMILES string of the molecule is Cc1ccc(O[C@H]2C[N+]3(Cc4nc(C(O)(c5ccccc5)c5ccccc5)no4)CCC2CC3)cc1Cl. The summed E-state index contributed by atoms with van der Waals surface area (Å²) in [5.41, 5.74) is 0.939. The van der Waals surface area contributed by atoms with Gasteiger partial charge in [0.15, 0.2) is 18.2 Å². The Morgan fingerprint density at radius 2 is 1.65 bits per heavy atom. The molecule has 37 heavy (non-hydrogen) atoms. The van der Waals surface area contributed by atoms with E-state index in [1.54, 1.807) is 0 Å². The predicted octanol–water partition coefficient (Wildman–Crippen LogP) is 5.50. The van der Waals surface area contributed by atoms with Gasteiger partial charge < -0.3 is 18.8 Å². The minimum atomic E-state index is -1.50. The minimum absolute atomic E-state index is 0.120. The second kappa shape index (κ2) is 9.60. The lowest BCUT2D eigenvalue weighted by atomic mass is 9.83. The van der Waals surface area contributed by atoms with Crippen LogP contribution in [0.1, 0.15) is 41.2 Å². The van der Waals surface area contributed by atoms with Crippen molar-refractivity contribution in [2.24, 2.45) is 5.92 Å². The van der Waals surface area contributed by atoms with E-state index in [0.717, 1.165) is 53.3 Å². The highest BCUT2D eigenvalue weighted by molar-refractivity contribution is 6.31. The summed E-state index contributed by atoms with van der Waals surface area (Å²) in [5, 5.41) is 17.0. The second-order valence-corrected chi connectivity index (χ2v) is 10.9. The number of ether oxygens (including phenoxy) is 1.